The zero-order valence-electron chi connectivity index (χ0n) is 18.6. The Balaban J connectivity index is 1.70. The van der Waals surface area contributed by atoms with E-state index >= 15 is 0 Å². The maximum Gasteiger partial charge on any atom is 0.0534 e. The average molecular weight is 433 g/mol. The molecule has 2 unspecified atom stereocenters. The predicted molar refractivity (Wildman–Crippen MR) is 134 cm³/mol. The number of allylic oxidation sites excluding steroid dienone is 4. The Morgan fingerprint density at radius 2 is 1.36 bits per heavy atom. The summed E-state index contributed by atoms with van der Waals surface area (Å²) in [5.74, 6) is 0.168. The minimum atomic E-state index is -0.524. The van der Waals surface area contributed by atoms with E-state index in [0.29, 0.717) is 6.42 Å². The Morgan fingerprint density at radius 1 is 0.727 bits per heavy atom. The van der Waals surface area contributed by atoms with Gasteiger partial charge in [0.05, 0.1) is 6.61 Å². The Morgan fingerprint density at radius 3 is 2.03 bits per heavy atom. The van der Waals surface area contributed by atoms with Crippen molar-refractivity contribution in [3.05, 3.63) is 119 Å². The number of rotatable bonds is 6. The van der Waals surface area contributed by atoms with E-state index in [-0.39, 0.29) is 25.0 Å². The molecule has 33 heavy (non-hydrogen) atoms. The van der Waals surface area contributed by atoms with Gasteiger partial charge in [-0.05, 0) is 56.7 Å². The highest BCUT2D eigenvalue weighted by Crippen LogP contribution is 2.59. The molecule has 0 fully saturated rings. The van der Waals surface area contributed by atoms with Crippen molar-refractivity contribution in [2.45, 2.75) is 18.8 Å². The normalized spacial score (nSPS) is 19.8. The van der Waals surface area contributed by atoms with Crippen LogP contribution in [0.1, 0.15) is 29.9 Å². The van der Waals surface area contributed by atoms with Gasteiger partial charge in [0.25, 0.3) is 0 Å². The van der Waals surface area contributed by atoms with Crippen LogP contribution in [0.3, 0.4) is 0 Å². The van der Waals surface area contributed by atoms with Gasteiger partial charge < -0.3 is 10.2 Å². The lowest BCUT2D eigenvalue weighted by Crippen LogP contribution is -2.40. The van der Waals surface area contributed by atoms with Crippen molar-refractivity contribution in [2.24, 2.45) is 11.3 Å². The lowest BCUT2D eigenvalue weighted by Gasteiger charge is -2.43. The highest BCUT2D eigenvalue weighted by molar-refractivity contribution is 5.86. The quantitative estimate of drug-likeness (QED) is 0.610. The summed E-state index contributed by atoms with van der Waals surface area (Å²) >= 11 is 0. The average Bonchev–Trinajstić information content (AvgIpc) is 3.40. The third kappa shape index (κ3) is 2.88. The fourth-order valence-corrected chi connectivity index (χ4v) is 6.60. The molecule has 0 aromatic heterocycles. The summed E-state index contributed by atoms with van der Waals surface area (Å²) in [6.07, 6.45) is 10.1. The summed E-state index contributed by atoms with van der Waals surface area (Å²) < 4.78 is 0. The molecule has 3 aromatic rings. The minimum absolute atomic E-state index is 0.0307. The van der Waals surface area contributed by atoms with Crippen molar-refractivity contribution in [3.8, 4) is 11.1 Å². The first-order chi connectivity index (χ1) is 16.3. The molecule has 0 spiro atoms. The Hall–Kier alpha value is -3.20. The molecule has 0 radical (unpaired) electrons. The van der Waals surface area contributed by atoms with Crippen molar-refractivity contribution in [2.75, 3.05) is 13.2 Å². The van der Waals surface area contributed by atoms with Crippen molar-refractivity contribution in [3.63, 3.8) is 0 Å². The predicted octanol–water partition coefficient (Wildman–Crippen LogP) is 4.31. The molecule has 0 saturated heterocycles. The van der Waals surface area contributed by atoms with E-state index in [0.717, 1.165) is 6.42 Å². The molecular weight excluding hydrogens is 404 g/mol. The SMILES string of the molecule is OCCCC(CO)(C1=c2ccccc2=C2C=CC=CC21)C1c2ccccc2-c2ccccc21. The van der Waals surface area contributed by atoms with Crippen LogP contribution in [0, 0.1) is 11.3 Å². The van der Waals surface area contributed by atoms with Gasteiger partial charge in [-0.2, -0.15) is 0 Å². The number of aliphatic hydroxyl groups excluding tert-OH is 2. The molecule has 0 saturated carbocycles. The van der Waals surface area contributed by atoms with Gasteiger partial charge in [-0.1, -0.05) is 97.1 Å². The van der Waals surface area contributed by atoms with Crippen LogP contribution in [0.2, 0.25) is 0 Å². The van der Waals surface area contributed by atoms with Crippen LogP contribution in [0.5, 0.6) is 0 Å². The first-order valence-electron chi connectivity index (χ1n) is 11.9. The van der Waals surface area contributed by atoms with Gasteiger partial charge in [-0.25, -0.2) is 0 Å². The Labute approximate surface area is 194 Å². The zero-order valence-corrected chi connectivity index (χ0v) is 18.6. The van der Waals surface area contributed by atoms with Crippen molar-refractivity contribution < 1.29 is 10.2 Å². The van der Waals surface area contributed by atoms with Crippen LogP contribution in [0.4, 0.5) is 0 Å². The molecule has 3 aliphatic rings. The Bertz CT molecular complexity index is 1370. The second-order valence-corrected chi connectivity index (χ2v) is 9.39. The monoisotopic (exact) mass is 432 g/mol. The van der Waals surface area contributed by atoms with Crippen LogP contribution in [-0.4, -0.2) is 23.4 Å². The molecule has 3 aromatic carbocycles. The van der Waals surface area contributed by atoms with Gasteiger partial charge >= 0.3 is 0 Å². The van der Waals surface area contributed by atoms with Crippen LogP contribution in [0.25, 0.3) is 22.3 Å². The van der Waals surface area contributed by atoms with Gasteiger partial charge in [-0.15, -0.1) is 0 Å². The Kier molecular flexibility index (Phi) is 4.94. The first kappa shape index (κ1) is 20.4. The zero-order chi connectivity index (χ0) is 22.4. The topological polar surface area (TPSA) is 40.5 Å². The fourth-order valence-electron chi connectivity index (χ4n) is 6.60. The molecule has 3 aliphatic carbocycles. The first-order valence-corrected chi connectivity index (χ1v) is 11.9. The summed E-state index contributed by atoms with van der Waals surface area (Å²) in [5.41, 5.74) is 7.15. The van der Waals surface area contributed by atoms with E-state index in [1.165, 1.54) is 43.8 Å². The van der Waals surface area contributed by atoms with Crippen LogP contribution in [-0.2, 0) is 0 Å². The van der Waals surface area contributed by atoms with Crippen molar-refractivity contribution in [1.82, 2.24) is 0 Å². The molecule has 0 heterocycles. The largest absolute Gasteiger partial charge is 0.396 e. The summed E-state index contributed by atoms with van der Waals surface area (Å²) in [4.78, 5) is 0. The standard InChI is InChI=1S/C31H28O2/c32-19-9-18-31(20-33,29-25-14-5-1-10-21(25)22-11-2-6-15-26(22)29)30-27-16-7-3-12-23(27)24-13-4-8-17-28(24)30/h1-8,10-17,25,30,32-33H,9,18-20H2. The molecule has 0 amide bonds. The van der Waals surface area contributed by atoms with Crippen LogP contribution < -0.4 is 10.4 Å². The number of hydrogen-bond acceptors (Lipinski definition) is 2. The third-order valence-corrected chi connectivity index (χ3v) is 7.85. The van der Waals surface area contributed by atoms with E-state index in [1.807, 2.05) is 0 Å². The molecule has 0 bridgehead atoms. The van der Waals surface area contributed by atoms with Gasteiger partial charge in [0.15, 0.2) is 0 Å². The lowest BCUT2D eigenvalue weighted by molar-refractivity contribution is 0.136. The maximum atomic E-state index is 11.3. The van der Waals surface area contributed by atoms with Gasteiger partial charge in [-0.3, -0.25) is 0 Å². The molecule has 2 heteroatoms. The summed E-state index contributed by atoms with van der Waals surface area (Å²) in [6, 6.07) is 25.9. The van der Waals surface area contributed by atoms with Crippen molar-refractivity contribution in [1.29, 1.82) is 0 Å². The highest BCUT2D eigenvalue weighted by Gasteiger charge is 2.50. The molecular formula is C31H28O2. The number of hydrogen-bond donors (Lipinski definition) is 2. The third-order valence-electron chi connectivity index (χ3n) is 7.85. The lowest BCUT2D eigenvalue weighted by atomic mass is 9.61. The second kappa shape index (κ2) is 7.98. The smallest absolute Gasteiger partial charge is 0.0534 e. The van der Waals surface area contributed by atoms with Crippen LogP contribution in [0.15, 0.2) is 97.1 Å². The van der Waals surface area contributed by atoms with E-state index in [1.54, 1.807) is 0 Å². The molecule has 2 atom stereocenters. The van der Waals surface area contributed by atoms with Crippen molar-refractivity contribution >= 4 is 11.1 Å². The second-order valence-electron chi connectivity index (χ2n) is 9.39. The number of fused-ring (bicyclic) bond motifs is 5. The summed E-state index contributed by atoms with van der Waals surface area (Å²) in [5, 5.41) is 23.7. The fraction of sp³-hybridized carbons (Fsp3) is 0.226. The van der Waals surface area contributed by atoms with Gasteiger partial charge in [0.2, 0.25) is 0 Å². The summed E-state index contributed by atoms with van der Waals surface area (Å²) in [6.45, 7) is 0.148. The summed E-state index contributed by atoms with van der Waals surface area (Å²) in [7, 11) is 0. The minimum Gasteiger partial charge on any atom is -0.396 e. The van der Waals surface area contributed by atoms with Gasteiger partial charge in [0, 0.05) is 23.9 Å². The van der Waals surface area contributed by atoms with E-state index in [4.69, 9.17) is 0 Å². The molecule has 2 N–H and O–H groups in total. The molecule has 0 aliphatic heterocycles. The highest BCUT2D eigenvalue weighted by atomic mass is 16.3. The number of aliphatic hydroxyl groups is 2. The molecule has 164 valence electrons. The molecule has 2 nitrogen and oxygen atoms in total. The van der Waals surface area contributed by atoms with E-state index in [9.17, 15) is 10.2 Å². The number of benzene rings is 3. The maximum absolute atomic E-state index is 11.3. The van der Waals surface area contributed by atoms with E-state index in [2.05, 4.69) is 97.1 Å². The molecule has 6 rings (SSSR count). The van der Waals surface area contributed by atoms with E-state index < -0.39 is 5.41 Å². The van der Waals surface area contributed by atoms with Crippen LogP contribution >= 0.6 is 0 Å². The van der Waals surface area contributed by atoms with Gasteiger partial charge in [0.1, 0.15) is 0 Å².